The van der Waals surface area contributed by atoms with Gasteiger partial charge in [-0.3, -0.25) is 0 Å². The molecule has 0 spiro atoms. The van der Waals surface area contributed by atoms with Gasteiger partial charge < -0.3 is 0 Å². The highest BCUT2D eigenvalue weighted by molar-refractivity contribution is 9.10. The number of halogens is 1. The van der Waals surface area contributed by atoms with Crippen LogP contribution in [0.5, 0.6) is 0 Å². The second-order valence-electron chi connectivity index (χ2n) is 4.99. The van der Waals surface area contributed by atoms with Crippen molar-refractivity contribution in [3.63, 3.8) is 0 Å². The molecule has 0 aromatic carbocycles. The molecule has 0 aromatic heterocycles. The van der Waals surface area contributed by atoms with Crippen LogP contribution in [0.25, 0.3) is 0 Å². The van der Waals surface area contributed by atoms with Crippen molar-refractivity contribution in [3.8, 4) is 0 Å². The molecule has 0 amide bonds. The van der Waals surface area contributed by atoms with E-state index >= 15 is 0 Å². The minimum Gasteiger partial charge on any atom is -0.211 e. The fraction of sp³-hybridized carbons (Fsp3) is 1.00. The lowest BCUT2D eigenvalue weighted by molar-refractivity contribution is 0.359. The number of sulfonamides is 1. The van der Waals surface area contributed by atoms with Gasteiger partial charge in [0.15, 0.2) is 0 Å². The number of alkyl halides is 1. The Balaban J connectivity index is 4.39. The highest BCUT2D eigenvalue weighted by Crippen LogP contribution is 2.12. The zero-order valence-corrected chi connectivity index (χ0v) is 13.1. The summed E-state index contributed by atoms with van der Waals surface area (Å²) in [6.07, 6.45) is 1.84. The molecule has 0 aromatic rings. The van der Waals surface area contributed by atoms with E-state index in [0.717, 1.165) is 12.8 Å². The molecule has 0 bridgehead atoms. The maximum atomic E-state index is 11.8. The third-order valence-corrected chi connectivity index (χ3v) is 5.61. The van der Waals surface area contributed by atoms with E-state index in [-0.39, 0.29) is 4.66 Å². The van der Waals surface area contributed by atoms with E-state index in [1.54, 1.807) is 4.31 Å². The van der Waals surface area contributed by atoms with Crippen molar-refractivity contribution in [2.45, 2.75) is 40.5 Å². The molecule has 0 atom stereocenters. The van der Waals surface area contributed by atoms with Gasteiger partial charge in [0.2, 0.25) is 10.0 Å². The lowest BCUT2D eigenvalue weighted by atomic mass is 10.1. The van der Waals surface area contributed by atoms with Gasteiger partial charge >= 0.3 is 0 Å². The van der Waals surface area contributed by atoms with Gasteiger partial charge in [0.25, 0.3) is 0 Å². The Morgan fingerprint density at radius 3 is 1.62 bits per heavy atom. The van der Waals surface area contributed by atoms with Gasteiger partial charge in [-0.05, 0) is 24.7 Å². The molecule has 5 heteroatoms. The van der Waals surface area contributed by atoms with E-state index in [1.807, 2.05) is 0 Å². The average Bonchev–Trinajstić information content (AvgIpc) is 2.16. The summed E-state index contributed by atoms with van der Waals surface area (Å²) < 4.78 is 25.2. The molecule has 0 fully saturated rings. The zero-order valence-electron chi connectivity index (χ0n) is 10.7. The predicted octanol–water partition coefficient (Wildman–Crippen LogP) is 3.06. The fourth-order valence-electron chi connectivity index (χ4n) is 1.26. The fourth-order valence-corrected chi connectivity index (χ4v) is 3.04. The van der Waals surface area contributed by atoms with Gasteiger partial charge in [-0.25, -0.2) is 12.7 Å². The van der Waals surface area contributed by atoms with Crippen LogP contribution in [0.3, 0.4) is 0 Å². The normalized spacial score (nSPS) is 13.0. The lowest BCUT2D eigenvalue weighted by Gasteiger charge is -2.22. The summed E-state index contributed by atoms with van der Waals surface area (Å²) in [6.45, 7) is 9.72. The van der Waals surface area contributed by atoms with Crippen LogP contribution in [-0.4, -0.2) is 30.5 Å². The van der Waals surface area contributed by atoms with E-state index in [9.17, 15) is 8.42 Å². The smallest absolute Gasteiger partial charge is 0.211 e. The van der Waals surface area contributed by atoms with Gasteiger partial charge in [0.1, 0.15) is 4.66 Å². The number of hydrogen-bond acceptors (Lipinski definition) is 2. The van der Waals surface area contributed by atoms with Crippen molar-refractivity contribution < 1.29 is 8.42 Å². The molecule has 0 rings (SSSR count). The summed E-state index contributed by atoms with van der Waals surface area (Å²) in [6, 6.07) is 0. The summed E-state index contributed by atoms with van der Waals surface area (Å²) in [5, 5.41) is 0. The van der Waals surface area contributed by atoms with E-state index in [4.69, 9.17) is 0 Å². The molecular weight excluding hydrogens is 290 g/mol. The van der Waals surface area contributed by atoms with E-state index in [2.05, 4.69) is 43.6 Å². The third kappa shape index (κ3) is 6.86. The van der Waals surface area contributed by atoms with Crippen LogP contribution in [-0.2, 0) is 10.0 Å². The average molecular weight is 314 g/mol. The molecule has 0 radical (unpaired) electrons. The SMILES string of the molecule is CC(C)CCN(CCC(C)C)S(=O)(=O)CBr. The Kier molecular flexibility index (Phi) is 7.85. The first kappa shape index (κ1) is 16.4. The first-order chi connectivity index (χ1) is 7.29. The highest BCUT2D eigenvalue weighted by Gasteiger charge is 2.20. The van der Waals surface area contributed by atoms with Crippen molar-refractivity contribution in [3.05, 3.63) is 0 Å². The van der Waals surface area contributed by atoms with Crippen LogP contribution < -0.4 is 0 Å². The maximum absolute atomic E-state index is 11.8. The van der Waals surface area contributed by atoms with Crippen LogP contribution >= 0.6 is 15.9 Å². The van der Waals surface area contributed by atoms with Gasteiger partial charge in [-0.1, -0.05) is 43.6 Å². The molecule has 16 heavy (non-hydrogen) atoms. The quantitative estimate of drug-likeness (QED) is 0.646. The minimum absolute atomic E-state index is 0.0240. The Bertz CT molecular complexity index is 264. The predicted molar refractivity (Wildman–Crippen MR) is 73.2 cm³/mol. The lowest BCUT2D eigenvalue weighted by Crippen LogP contribution is -2.34. The van der Waals surface area contributed by atoms with Crippen LogP contribution in [0.15, 0.2) is 0 Å². The van der Waals surface area contributed by atoms with Crippen molar-refractivity contribution in [2.75, 3.05) is 17.8 Å². The van der Waals surface area contributed by atoms with Crippen molar-refractivity contribution >= 4 is 26.0 Å². The third-order valence-electron chi connectivity index (χ3n) is 2.44. The van der Waals surface area contributed by atoms with Gasteiger partial charge in [-0.2, -0.15) is 0 Å². The molecule has 98 valence electrons. The monoisotopic (exact) mass is 313 g/mol. The summed E-state index contributed by atoms with van der Waals surface area (Å²) in [7, 11) is -3.10. The maximum Gasteiger partial charge on any atom is 0.224 e. The Morgan fingerprint density at radius 2 is 1.38 bits per heavy atom. The largest absolute Gasteiger partial charge is 0.224 e. The van der Waals surface area contributed by atoms with Gasteiger partial charge in [0, 0.05) is 13.1 Å². The van der Waals surface area contributed by atoms with Crippen molar-refractivity contribution in [2.24, 2.45) is 11.8 Å². The number of nitrogens with zero attached hydrogens (tertiary/aromatic N) is 1. The van der Waals surface area contributed by atoms with Crippen LogP contribution in [0, 0.1) is 11.8 Å². The molecule has 0 aliphatic rings. The molecule has 3 nitrogen and oxygen atoms in total. The molecule has 0 saturated heterocycles. The van der Waals surface area contributed by atoms with Crippen molar-refractivity contribution in [1.29, 1.82) is 0 Å². The van der Waals surface area contributed by atoms with E-state index in [0.29, 0.717) is 24.9 Å². The van der Waals surface area contributed by atoms with E-state index in [1.165, 1.54) is 0 Å². The molecule has 0 aliphatic heterocycles. The second kappa shape index (κ2) is 7.67. The summed E-state index contributed by atoms with van der Waals surface area (Å²) in [5.74, 6) is 1.07. The molecular formula is C11H24BrNO2S. The van der Waals surface area contributed by atoms with Crippen LogP contribution in [0.2, 0.25) is 0 Å². The Hall–Kier alpha value is 0.390. The van der Waals surface area contributed by atoms with Crippen molar-refractivity contribution in [1.82, 2.24) is 4.31 Å². The molecule has 0 N–H and O–H groups in total. The van der Waals surface area contributed by atoms with Crippen LogP contribution in [0.1, 0.15) is 40.5 Å². The zero-order chi connectivity index (χ0) is 12.8. The topological polar surface area (TPSA) is 37.4 Å². The highest BCUT2D eigenvalue weighted by atomic mass is 79.9. The van der Waals surface area contributed by atoms with Gasteiger partial charge in [0.05, 0.1) is 0 Å². The Morgan fingerprint density at radius 1 is 1.00 bits per heavy atom. The number of hydrogen-bond donors (Lipinski definition) is 0. The molecule has 0 saturated carbocycles. The van der Waals surface area contributed by atoms with E-state index < -0.39 is 10.0 Å². The summed E-state index contributed by atoms with van der Waals surface area (Å²) in [4.78, 5) is 0. The summed E-state index contributed by atoms with van der Waals surface area (Å²) >= 11 is 3.06. The first-order valence-electron chi connectivity index (χ1n) is 5.83. The minimum atomic E-state index is -3.10. The standard InChI is InChI=1S/C11H24BrNO2S/c1-10(2)5-7-13(8-6-11(3)4)16(14,15)9-12/h10-11H,5-9H2,1-4H3. The molecule has 0 heterocycles. The summed E-state index contributed by atoms with van der Waals surface area (Å²) in [5.41, 5.74) is 0. The number of rotatable bonds is 8. The van der Waals surface area contributed by atoms with Gasteiger partial charge in [-0.15, -0.1) is 0 Å². The van der Waals surface area contributed by atoms with Crippen LogP contribution in [0.4, 0.5) is 0 Å². The second-order valence-corrected chi connectivity index (χ2v) is 8.26. The molecule has 0 aliphatic carbocycles. The Labute approximate surface area is 109 Å². The first-order valence-corrected chi connectivity index (χ1v) is 8.56. The molecule has 0 unspecified atom stereocenters.